The molecule has 2 aromatic carbocycles. The van der Waals surface area contributed by atoms with Gasteiger partial charge < -0.3 is 5.32 Å². The molecule has 0 unspecified atom stereocenters. The van der Waals surface area contributed by atoms with Crippen molar-refractivity contribution < 1.29 is 9.18 Å². The Morgan fingerprint density at radius 1 is 1.04 bits per heavy atom. The molecular formula is C20H18FN3OS2. The molecule has 7 heteroatoms. The number of aryl methyl sites for hydroxylation is 1. The number of rotatable bonds is 7. The van der Waals surface area contributed by atoms with E-state index in [-0.39, 0.29) is 17.5 Å². The van der Waals surface area contributed by atoms with E-state index in [2.05, 4.69) is 27.4 Å². The van der Waals surface area contributed by atoms with Crippen LogP contribution in [0.4, 0.5) is 10.1 Å². The summed E-state index contributed by atoms with van der Waals surface area (Å²) in [6.45, 7) is 1.91. The van der Waals surface area contributed by atoms with E-state index in [1.807, 2.05) is 31.2 Å². The first-order valence-corrected chi connectivity index (χ1v) is 10.3. The molecule has 27 heavy (non-hydrogen) atoms. The van der Waals surface area contributed by atoms with Crippen molar-refractivity contribution in [3.8, 4) is 0 Å². The number of hydrogen-bond donors (Lipinski definition) is 1. The number of benzene rings is 2. The van der Waals surface area contributed by atoms with Gasteiger partial charge in [-0.2, -0.15) is 0 Å². The third-order valence-corrected chi connectivity index (χ3v) is 5.33. The fraction of sp³-hybridized carbons (Fsp3) is 0.150. The maximum absolute atomic E-state index is 12.9. The molecule has 0 aliphatic carbocycles. The van der Waals surface area contributed by atoms with Crippen LogP contribution < -0.4 is 5.32 Å². The molecule has 1 aromatic heterocycles. The molecule has 1 heterocycles. The van der Waals surface area contributed by atoms with Crippen LogP contribution >= 0.6 is 23.5 Å². The number of halogens is 1. The van der Waals surface area contributed by atoms with Crippen LogP contribution in [0.5, 0.6) is 0 Å². The van der Waals surface area contributed by atoms with E-state index < -0.39 is 0 Å². The minimum absolute atomic E-state index is 0.165. The molecule has 1 amide bonds. The highest BCUT2D eigenvalue weighted by atomic mass is 32.2. The van der Waals surface area contributed by atoms with Crippen LogP contribution in [-0.2, 0) is 10.5 Å². The highest BCUT2D eigenvalue weighted by Crippen LogP contribution is 2.23. The molecule has 0 saturated carbocycles. The van der Waals surface area contributed by atoms with Crippen molar-refractivity contribution in [2.75, 3.05) is 11.1 Å². The average molecular weight is 400 g/mol. The Balaban J connectivity index is 1.55. The number of aromatic nitrogens is 2. The summed E-state index contributed by atoms with van der Waals surface area (Å²) >= 11 is 2.92. The Labute approximate surface area is 166 Å². The quantitative estimate of drug-likeness (QED) is 0.346. The number of thioether (sulfide) groups is 2. The molecule has 0 spiro atoms. The van der Waals surface area contributed by atoms with Gasteiger partial charge in [0, 0.05) is 17.1 Å². The molecule has 0 aliphatic rings. The Hall–Kier alpha value is -2.38. The molecule has 3 rings (SSSR count). The van der Waals surface area contributed by atoms with Crippen molar-refractivity contribution in [1.29, 1.82) is 0 Å². The second kappa shape index (κ2) is 9.53. The number of hydrogen-bond acceptors (Lipinski definition) is 5. The summed E-state index contributed by atoms with van der Waals surface area (Å²) in [7, 11) is 0. The first kappa shape index (κ1) is 19.4. The first-order chi connectivity index (χ1) is 13.1. The molecule has 0 bridgehead atoms. The summed E-state index contributed by atoms with van der Waals surface area (Å²) in [5.41, 5.74) is 2.64. The summed E-state index contributed by atoms with van der Waals surface area (Å²) in [5.74, 6) is 0.511. The number of carbonyl (C=O) groups excluding carboxylic acids is 1. The molecule has 1 N–H and O–H groups in total. The number of nitrogens with one attached hydrogen (secondary N) is 1. The van der Waals surface area contributed by atoms with E-state index in [0.717, 1.165) is 16.5 Å². The summed E-state index contributed by atoms with van der Waals surface area (Å²) < 4.78 is 12.9. The zero-order valence-electron chi connectivity index (χ0n) is 14.7. The van der Waals surface area contributed by atoms with E-state index in [9.17, 15) is 9.18 Å². The van der Waals surface area contributed by atoms with Crippen molar-refractivity contribution in [1.82, 2.24) is 9.97 Å². The average Bonchev–Trinajstić information content (AvgIpc) is 2.67. The smallest absolute Gasteiger partial charge is 0.234 e. The van der Waals surface area contributed by atoms with Crippen molar-refractivity contribution in [2.45, 2.75) is 22.9 Å². The Morgan fingerprint density at radius 3 is 2.52 bits per heavy atom. The number of nitrogens with zero attached hydrogens (tertiary/aromatic N) is 2. The lowest BCUT2D eigenvalue weighted by Gasteiger charge is -2.07. The second-order valence-corrected chi connectivity index (χ2v) is 7.69. The van der Waals surface area contributed by atoms with Gasteiger partial charge in [0.05, 0.1) is 5.75 Å². The topological polar surface area (TPSA) is 54.9 Å². The van der Waals surface area contributed by atoms with Crippen LogP contribution in [0.15, 0.2) is 70.8 Å². The van der Waals surface area contributed by atoms with E-state index in [4.69, 9.17) is 0 Å². The first-order valence-electron chi connectivity index (χ1n) is 8.29. The monoisotopic (exact) mass is 399 g/mol. The Kier molecular flexibility index (Phi) is 6.84. The lowest BCUT2D eigenvalue weighted by Crippen LogP contribution is -2.14. The minimum Gasteiger partial charge on any atom is -0.325 e. The lowest BCUT2D eigenvalue weighted by atomic mass is 10.2. The standard InChI is InChI=1S/C20H18FN3OS2/c1-14-11-19(24-20(22-14)27-12-15-5-3-2-4-6-15)26-13-18(25)23-17-9-7-16(21)8-10-17/h2-11H,12-13H2,1H3,(H,23,25). The zero-order valence-corrected chi connectivity index (χ0v) is 16.3. The molecule has 3 aromatic rings. The fourth-order valence-electron chi connectivity index (χ4n) is 2.24. The number of anilines is 1. The van der Waals surface area contributed by atoms with Crippen molar-refractivity contribution in [2.24, 2.45) is 0 Å². The van der Waals surface area contributed by atoms with Gasteiger partial charge in [-0.3, -0.25) is 4.79 Å². The van der Waals surface area contributed by atoms with Crippen molar-refractivity contribution >= 4 is 35.1 Å². The van der Waals surface area contributed by atoms with Gasteiger partial charge in [0.15, 0.2) is 5.16 Å². The van der Waals surface area contributed by atoms with E-state index in [1.165, 1.54) is 41.6 Å². The third kappa shape index (κ3) is 6.37. The maximum Gasteiger partial charge on any atom is 0.234 e. The van der Waals surface area contributed by atoms with Crippen LogP contribution in [0.1, 0.15) is 11.3 Å². The third-order valence-electron chi connectivity index (χ3n) is 3.50. The second-order valence-electron chi connectivity index (χ2n) is 5.75. The van der Waals surface area contributed by atoms with Gasteiger partial charge in [-0.05, 0) is 42.8 Å². The van der Waals surface area contributed by atoms with E-state index >= 15 is 0 Å². The van der Waals surface area contributed by atoms with Gasteiger partial charge in [-0.15, -0.1) is 0 Å². The molecule has 0 atom stereocenters. The van der Waals surface area contributed by atoms with Gasteiger partial charge in [0.1, 0.15) is 10.8 Å². The largest absolute Gasteiger partial charge is 0.325 e. The summed E-state index contributed by atoms with van der Waals surface area (Å²) in [6.07, 6.45) is 0. The summed E-state index contributed by atoms with van der Waals surface area (Å²) in [4.78, 5) is 21.1. The van der Waals surface area contributed by atoms with E-state index in [0.29, 0.717) is 10.8 Å². The van der Waals surface area contributed by atoms with Gasteiger partial charge in [-0.1, -0.05) is 53.9 Å². The summed E-state index contributed by atoms with van der Waals surface area (Å²) in [6, 6.07) is 17.7. The zero-order chi connectivity index (χ0) is 19.1. The van der Waals surface area contributed by atoms with Gasteiger partial charge in [-0.25, -0.2) is 14.4 Å². The number of amides is 1. The van der Waals surface area contributed by atoms with E-state index in [1.54, 1.807) is 11.8 Å². The fourth-order valence-corrected chi connectivity index (χ4v) is 3.92. The van der Waals surface area contributed by atoms with Gasteiger partial charge in [0.25, 0.3) is 0 Å². The molecule has 0 saturated heterocycles. The SMILES string of the molecule is Cc1cc(SCC(=O)Nc2ccc(F)cc2)nc(SCc2ccccc2)n1. The highest BCUT2D eigenvalue weighted by molar-refractivity contribution is 8.00. The van der Waals surface area contributed by atoms with Crippen LogP contribution in [0.3, 0.4) is 0 Å². The predicted octanol–water partition coefficient (Wildman–Crippen LogP) is 4.95. The minimum atomic E-state index is -0.334. The van der Waals surface area contributed by atoms with Crippen LogP contribution in [0.25, 0.3) is 0 Å². The van der Waals surface area contributed by atoms with Crippen molar-refractivity contribution in [3.63, 3.8) is 0 Å². The normalized spacial score (nSPS) is 10.6. The highest BCUT2D eigenvalue weighted by Gasteiger charge is 2.08. The Bertz CT molecular complexity index is 905. The van der Waals surface area contributed by atoms with Crippen LogP contribution in [0.2, 0.25) is 0 Å². The lowest BCUT2D eigenvalue weighted by molar-refractivity contribution is -0.113. The molecule has 0 radical (unpaired) electrons. The molecule has 138 valence electrons. The molecule has 0 aliphatic heterocycles. The number of carbonyl (C=O) groups is 1. The summed E-state index contributed by atoms with van der Waals surface area (Å²) in [5, 5.41) is 4.19. The van der Waals surface area contributed by atoms with Crippen LogP contribution in [0, 0.1) is 12.7 Å². The molecule has 4 nitrogen and oxygen atoms in total. The van der Waals surface area contributed by atoms with Gasteiger partial charge >= 0.3 is 0 Å². The molecular weight excluding hydrogens is 381 g/mol. The van der Waals surface area contributed by atoms with Gasteiger partial charge in [0.2, 0.25) is 5.91 Å². The predicted molar refractivity (Wildman–Crippen MR) is 109 cm³/mol. The van der Waals surface area contributed by atoms with Crippen LogP contribution in [-0.4, -0.2) is 21.6 Å². The Morgan fingerprint density at radius 2 is 1.78 bits per heavy atom. The maximum atomic E-state index is 12.9. The van der Waals surface area contributed by atoms with Crippen molar-refractivity contribution in [3.05, 3.63) is 77.7 Å². The molecule has 0 fully saturated rings.